The molecule has 0 unspecified atom stereocenters. The Morgan fingerprint density at radius 3 is 2.24 bits per heavy atom. The zero-order valence-corrected chi connectivity index (χ0v) is 18.6. The molecule has 3 heterocycles. The molecule has 12 heteroatoms. The summed E-state index contributed by atoms with van der Waals surface area (Å²) in [5, 5.41) is 0. The highest BCUT2D eigenvalue weighted by Crippen LogP contribution is 2.35. The van der Waals surface area contributed by atoms with Crippen molar-refractivity contribution in [2.75, 3.05) is 5.75 Å². The number of carbonyl (C=O) groups is 3. The topological polar surface area (TPSA) is 114 Å². The summed E-state index contributed by atoms with van der Waals surface area (Å²) in [6, 6.07) is 3.97. The summed E-state index contributed by atoms with van der Waals surface area (Å²) in [5.74, 6) is -3.90. The summed E-state index contributed by atoms with van der Waals surface area (Å²) >= 11 is 1.07. The van der Waals surface area contributed by atoms with Crippen LogP contribution in [0.1, 0.15) is 20.8 Å². The van der Waals surface area contributed by atoms with E-state index in [-0.39, 0.29) is 11.5 Å². The van der Waals surface area contributed by atoms with Gasteiger partial charge in [-0.2, -0.15) is 8.78 Å². The van der Waals surface area contributed by atoms with Crippen molar-refractivity contribution < 1.29 is 42.1 Å². The fourth-order valence-electron chi connectivity index (χ4n) is 3.19. The quantitative estimate of drug-likeness (QED) is 0.346. The Morgan fingerprint density at radius 2 is 1.61 bits per heavy atom. The Morgan fingerprint density at radius 1 is 0.939 bits per heavy atom. The molecule has 2 aromatic heterocycles. The lowest BCUT2D eigenvalue weighted by atomic mass is 10.1. The predicted octanol–water partition coefficient (Wildman–Crippen LogP) is 2.67. The Kier molecular flexibility index (Phi) is 7.79. The highest BCUT2D eigenvalue weighted by atomic mass is 32.2. The second kappa shape index (κ2) is 10.6. The van der Waals surface area contributed by atoms with Crippen LogP contribution >= 0.6 is 11.8 Å². The number of rotatable bonds is 6. The van der Waals surface area contributed by atoms with Crippen LogP contribution in [0, 0.1) is 11.9 Å². The minimum atomic E-state index is -1.23. The van der Waals surface area contributed by atoms with Crippen LogP contribution in [0.4, 0.5) is 8.78 Å². The summed E-state index contributed by atoms with van der Waals surface area (Å²) in [5.41, 5.74) is -0.293. The number of thioether (sulfide) groups is 1. The maximum Gasteiger partial charge on any atom is 0.303 e. The van der Waals surface area contributed by atoms with Crippen molar-refractivity contribution >= 4 is 29.7 Å². The Bertz CT molecular complexity index is 1060. The third-order valence-corrected chi connectivity index (χ3v) is 5.63. The lowest BCUT2D eigenvalue weighted by Crippen LogP contribution is -2.55. The lowest BCUT2D eigenvalue weighted by Gasteiger charge is -2.39. The van der Waals surface area contributed by atoms with E-state index < -0.39 is 53.6 Å². The van der Waals surface area contributed by atoms with Gasteiger partial charge in [0.15, 0.2) is 29.5 Å². The molecule has 0 aromatic carbocycles. The third kappa shape index (κ3) is 6.37. The second-order valence-electron chi connectivity index (χ2n) is 7.00. The Hall–Kier alpha value is -3.28. The predicted molar refractivity (Wildman–Crippen MR) is 111 cm³/mol. The normalized spacial score (nSPS) is 22.2. The SMILES string of the molecule is CC(=O)O[C@@H]1[C@@H](OC(C)=O)[C@H](OC(C)=O)CS[C@H]1Oc1cc(-c2ccnc(F)c2)cnc1F. The van der Waals surface area contributed by atoms with Gasteiger partial charge in [0.1, 0.15) is 0 Å². The molecule has 0 N–H and O–H groups in total. The minimum absolute atomic E-state index is 0.115. The maximum absolute atomic E-state index is 14.5. The van der Waals surface area contributed by atoms with E-state index in [1.54, 1.807) is 0 Å². The molecule has 1 fully saturated rings. The van der Waals surface area contributed by atoms with E-state index >= 15 is 0 Å². The summed E-state index contributed by atoms with van der Waals surface area (Å²) in [4.78, 5) is 42.0. The van der Waals surface area contributed by atoms with E-state index in [4.69, 9.17) is 18.9 Å². The van der Waals surface area contributed by atoms with E-state index in [1.165, 1.54) is 31.5 Å². The monoisotopic (exact) mass is 482 g/mol. The largest absolute Gasteiger partial charge is 0.471 e. The van der Waals surface area contributed by atoms with Crippen molar-refractivity contribution in [3.63, 3.8) is 0 Å². The maximum atomic E-state index is 14.5. The van der Waals surface area contributed by atoms with Crippen molar-refractivity contribution in [2.24, 2.45) is 0 Å². The average Bonchev–Trinajstić information content (AvgIpc) is 2.72. The number of hydrogen-bond acceptors (Lipinski definition) is 10. The van der Waals surface area contributed by atoms with Gasteiger partial charge in [-0.05, 0) is 17.7 Å². The van der Waals surface area contributed by atoms with Crippen LogP contribution in [0.5, 0.6) is 5.75 Å². The Balaban J connectivity index is 1.92. The van der Waals surface area contributed by atoms with Crippen molar-refractivity contribution in [2.45, 2.75) is 44.5 Å². The number of carbonyl (C=O) groups excluding carboxylic acids is 3. The zero-order chi connectivity index (χ0) is 24.1. The standard InChI is InChI=1S/C21H20F2N2O7S/c1-10(26)29-16-9-33-21(19(31-12(3)28)18(16)30-11(2)27)32-15-6-14(8-25-20(15)23)13-4-5-24-17(22)7-13/h4-8,16,18-19,21H,9H2,1-3H3/t16-,18+,19-,21-/m1/s1. The van der Waals surface area contributed by atoms with Gasteiger partial charge in [-0.1, -0.05) is 0 Å². The van der Waals surface area contributed by atoms with Gasteiger partial charge in [0, 0.05) is 50.5 Å². The molecule has 1 aliphatic rings. The number of aromatic nitrogens is 2. The van der Waals surface area contributed by atoms with E-state index in [0.29, 0.717) is 11.1 Å². The molecule has 1 saturated heterocycles. The van der Waals surface area contributed by atoms with Crippen LogP contribution in [0.2, 0.25) is 0 Å². The van der Waals surface area contributed by atoms with Crippen LogP contribution in [0.25, 0.3) is 11.1 Å². The van der Waals surface area contributed by atoms with Crippen LogP contribution in [0.15, 0.2) is 30.6 Å². The number of pyridine rings is 2. The minimum Gasteiger partial charge on any atom is -0.471 e. The lowest BCUT2D eigenvalue weighted by molar-refractivity contribution is -0.186. The van der Waals surface area contributed by atoms with E-state index in [9.17, 15) is 23.2 Å². The molecule has 0 aliphatic carbocycles. The fourth-order valence-corrected chi connectivity index (χ4v) is 4.39. The van der Waals surface area contributed by atoms with Crippen molar-refractivity contribution in [1.29, 1.82) is 0 Å². The Labute approximate surface area is 191 Å². The molecule has 4 atom stereocenters. The van der Waals surface area contributed by atoms with Gasteiger partial charge in [-0.25, -0.2) is 9.97 Å². The highest BCUT2D eigenvalue weighted by Gasteiger charge is 2.48. The number of hydrogen-bond donors (Lipinski definition) is 0. The molecular formula is C21H20F2N2O7S. The van der Waals surface area contributed by atoms with Crippen molar-refractivity contribution in [1.82, 2.24) is 9.97 Å². The first kappa shape index (κ1) is 24.4. The van der Waals surface area contributed by atoms with Gasteiger partial charge in [0.05, 0.1) is 0 Å². The van der Waals surface area contributed by atoms with Crippen LogP contribution in [0.3, 0.4) is 0 Å². The first-order chi connectivity index (χ1) is 15.6. The van der Waals surface area contributed by atoms with E-state index in [2.05, 4.69) is 9.97 Å². The third-order valence-electron chi connectivity index (χ3n) is 4.41. The van der Waals surface area contributed by atoms with Crippen molar-refractivity contribution in [3.05, 3.63) is 42.5 Å². The van der Waals surface area contributed by atoms with Gasteiger partial charge in [-0.3, -0.25) is 14.4 Å². The first-order valence-corrected chi connectivity index (χ1v) is 10.8. The molecule has 33 heavy (non-hydrogen) atoms. The molecule has 1 aliphatic heterocycles. The van der Waals surface area contributed by atoms with E-state index in [1.807, 2.05) is 0 Å². The molecule has 176 valence electrons. The zero-order valence-electron chi connectivity index (χ0n) is 17.8. The summed E-state index contributed by atoms with van der Waals surface area (Å²) in [6.07, 6.45) is -0.880. The van der Waals surface area contributed by atoms with Crippen LogP contribution in [-0.4, -0.2) is 57.4 Å². The molecule has 0 radical (unpaired) electrons. The van der Waals surface area contributed by atoms with Gasteiger partial charge >= 0.3 is 17.9 Å². The molecule has 9 nitrogen and oxygen atoms in total. The van der Waals surface area contributed by atoms with Crippen molar-refractivity contribution in [3.8, 4) is 16.9 Å². The van der Waals surface area contributed by atoms with Crippen LogP contribution in [-0.2, 0) is 28.6 Å². The number of nitrogens with zero attached hydrogens (tertiary/aromatic N) is 2. The van der Waals surface area contributed by atoms with Gasteiger partial charge in [0.25, 0.3) is 5.95 Å². The molecule has 0 amide bonds. The number of halogens is 2. The molecular weight excluding hydrogens is 462 g/mol. The highest BCUT2D eigenvalue weighted by molar-refractivity contribution is 7.99. The van der Waals surface area contributed by atoms with E-state index in [0.717, 1.165) is 31.7 Å². The molecule has 0 bridgehead atoms. The molecule has 2 aromatic rings. The first-order valence-electron chi connectivity index (χ1n) is 9.71. The average molecular weight is 482 g/mol. The number of esters is 3. The molecule has 0 saturated carbocycles. The molecule has 3 rings (SSSR count). The van der Waals surface area contributed by atoms with Gasteiger partial charge in [-0.15, -0.1) is 11.8 Å². The summed E-state index contributed by atoms with van der Waals surface area (Å²) in [7, 11) is 0. The van der Waals surface area contributed by atoms with Gasteiger partial charge < -0.3 is 18.9 Å². The fraction of sp³-hybridized carbons (Fsp3) is 0.381. The number of ether oxygens (including phenoxy) is 4. The van der Waals surface area contributed by atoms with Crippen LogP contribution < -0.4 is 4.74 Å². The summed E-state index contributed by atoms with van der Waals surface area (Å²) < 4.78 is 49.5. The smallest absolute Gasteiger partial charge is 0.303 e. The summed E-state index contributed by atoms with van der Waals surface area (Å²) in [6.45, 7) is 3.48. The van der Waals surface area contributed by atoms with Gasteiger partial charge in [0.2, 0.25) is 5.95 Å². The second-order valence-corrected chi connectivity index (χ2v) is 8.13. The molecule has 0 spiro atoms.